The van der Waals surface area contributed by atoms with Gasteiger partial charge in [0.15, 0.2) is 0 Å². The standard InChI is InChI=1S/C16H17FN2O/c1-11-10-13(17)6-7-15(11)19-16(20)14-5-3-2-4-12(14)8-9-18/h2-7,10H,8-9,18H2,1H3,(H,19,20). The quantitative estimate of drug-likeness (QED) is 0.899. The van der Waals surface area contributed by atoms with Crippen LogP contribution in [0, 0.1) is 12.7 Å². The van der Waals surface area contributed by atoms with Gasteiger partial charge in [0, 0.05) is 11.3 Å². The molecule has 0 radical (unpaired) electrons. The number of hydrogen-bond donors (Lipinski definition) is 2. The Kier molecular flexibility index (Phi) is 4.48. The molecular weight excluding hydrogens is 255 g/mol. The molecule has 3 N–H and O–H groups in total. The largest absolute Gasteiger partial charge is 0.330 e. The minimum atomic E-state index is -0.316. The average molecular weight is 272 g/mol. The number of hydrogen-bond acceptors (Lipinski definition) is 2. The fourth-order valence-electron chi connectivity index (χ4n) is 2.07. The molecule has 0 saturated carbocycles. The molecule has 2 aromatic rings. The van der Waals surface area contributed by atoms with E-state index in [0.717, 1.165) is 5.56 Å². The van der Waals surface area contributed by atoms with Crippen LogP contribution in [0.2, 0.25) is 0 Å². The maximum Gasteiger partial charge on any atom is 0.255 e. The molecule has 2 aromatic carbocycles. The molecule has 0 atom stereocenters. The normalized spacial score (nSPS) is 10.3. The summed E-state index contributed by atoms with van der Waals surface area (Å²) >= 11 is 0. The number of carbonyl (C=O) groups is 1. The van der Waals surface area contributed by atoms with Crippen LogP contribution in [0.5, 0.6) is 0 Å². The van der Waals surface area contributed by atoms with Gasteiger partial charge in [-0.3, -0.25) is 4.79 Å². The van der Waals surface area contributed by atoms with Crippen LogP contribution in [-0.4, -0.2) is 12.5 Å². The lowest BCUT2D eigenvalue weighted by atomic mass is 10.0. The summed E-state index contributed by atoms with van der Waals surface area (Å²) in [4.78, 5) is 12.3. The second-order valence-corrected chi connectivity index (χ2v) is 4.61. The number of benzene rings is 2. The molecule has 0 spiro atoms. The van der Waals surface area contributed by atoms with E-state index >= 15 is 0 Å². The molecule has 0 bridgehead atoms. The Labute approximate surface area is 117 Å². The lowest BCUT2D eigenvalue weighted by molar-refractivity contribution is 0.102. The SMILES string of the molecule is Cc1cc(F)ccc1NC(=O)c1ccccc1CCN. The van der Waals surface area contributed by atoms with Gasteiger partial charge in [0.25, 0.3) is 5.91 Å². The molecule has 0 fully saturated rings. The Morgan fingerprint density at radius 3 is 2.70 bits per heavy atom. The summed E-state index contributed by atoms with van der Waals surface area (Å²) in [6.45, 7) is 2.24. The van der Waals surface area contributed by atoms with Gasteiger partial charge in [-0.2, -0.15) is 0 Å². The van der Waals surface area contributed by atoms with Crippen molar-refractivity contribution in [3.05, 3.63) is 65.0 Å². The molecule has 2 rings (SSSR count). The van der Waals surface area contributed by atoms with Crippen LogP contribution in [0.25, 0.3) is 0 Å². The first-order valence-electron chi connectivity index (χ1n) is 6.47. The zero-order valence-electron chi connectivity index (χ0n) is 11.3. The highest BCUT2D eigenvalue weighted by molar-refractivity contribution is 6.05. The summed E-state index contributed by atoms with van der Waals surface area (Å²) in [7, 11) is 0. The fraction of sp³-hybridized carbons (Fsp3) is 0.188. The minimum absolute atomic E-state index is 0.205. The number of nitrogens with two attached hydrogens (primary N) is 1. The van der Waals surface area contributed by atoms with Crippen molar-refractivity contribution < 1.29 is 9.18 Å². The van der Waals surface area contributed by atoms with Crippen molar-refractivity contribution in [2.24, 2.45) is 5.73 Å². The summed E-state index contributed by atoms with van der Waals surface area (Å²) < 4.78 is 13.0. The van der Waals surface area contributed by atoms with Gasteiger partial charge < -0.3 is 11.1 Å². The molecule has 0 unspecified atom stereocenters. The Hall–Kier alpha value is -2.20. The van der Waals surface area contributed by atoms with Gasteiger partial charge in [0.1, 0.15) is 5.82 Å². The van der Waals surface area contributed by atoms with Crippen molar-refractivity contribution in [2.75, 3.05) is 11.9 Å². The highest BCUT2D eigenvalue weighted by Crippen LogP contribution is 2.18. The van der Waals surface area contributed by atoms with Gasteiger partial charge in [0.05, 0.1) is 0 Å². The Morgan fingerprint density at radius 2 is 2.00 bits per heavy atom. The van der Waals surface area contributed by atoms with E-state index in [1.165, 1.54) is 12.1 Å². The third-order valence-corrected chi connectivity index (χ3v) is 3.11. The summed E-state index contributed by atoms with van der Waals surface area (Å²) in [6, 6.07) is 11.6. The van der Waals surface area contributed by atoms with Crippen molar-refractivity contribution in [1.29, 1.82) is 0 Å². The first-order chi connectivity index (χ1) is 9.61. The first-order valence-corrected chi connectivity index (χ1v) is 6.47. The average Bonchev–Trinajstić information content (AvgIpc) is 2.43. The molecule has 3 nitrogen and oxygen atoms in total. The Morgan fingerprint density at radius 1 is 1.25 bits per heavy atom. The Balaban J connectivity index is 2.24. The first kappa shape index (κ1) is 14.2. The maximum atomic E-state index is 13.0. The number of anilines is 1. The van der Waals surface area contributed by atoms with Crippen LogP contribution >= 0.6 is 0 Å². The van der Waals surface area contributed by atoms with E-state index in [-0.39, 0.29) is 11.7 Å². The van der Waals surface area contributed by atoms with Crippen LogP contribution < -0.4 is 11.1 Å². The third-order valence-electron chi connectivity index (χ3n) is 3.11. The summed E-state index contributed by atoms with van der Waals surface area (Å²) in [6.07, 6.45) is 0.645. The Bertz CT molecular complexity index is 626. The molecule has 0 aliphatic carbocycles. The van der Waals surface area contributed by atoms with Gasteiger partial charge in [-0.15, -0.1) is 0 Å². The van der Waals surface area contributed by atoms with E-state index < -0.39 is 0 Å². The zero-order valence-corrected chi connectivity index (χ0v) is 11.3. The summed E-state index contributed by atoms with van der Waals surface area (Å²) in [5.74, 6) is -0.521. The number of carbonyl (C=O) groups excluding carboxylic acids is 1. The van der Waals surface area contributed by atoms with Gasteiger partial charge in [-0.05, 0) is 55.3 Å². The number of rotatable bonds is 4. The second kappa shape index (κ2) is 6.30. The van der Waals surface area contributed by atoms with E-state index in [9.17, 15) is 9.18 Å². The van der Waals surface area contributed by atoms with E-state index in [1.54, 1.807) is 19.1 Å². The van der Waals surface area contributed by atoms with Crippen molar-refractivity contribution in [3.8, 4) is 0 Å². The molecule has 0 aliphatic rings. The predicted molar refractivity (Wildman–Crippen MR) is 78.3 cm³/mol. The van der Waals surface area contributed by atoms with Crippen molar-refractivity contribution in [3.63, 3.8) is 0 Å². The molecule has 0 heterocycles. The van der Waals surface area contributed by atoms with Crippen LogP contribution in [0.3, 0.4) is 0 Å². The van der Waals surface area contributed by atoms with E-state index in [2.05, 4.69) is 5.32 Å². The molecule has 0 aliphatic heterocycles. The molecule has 0 saturated heterocycles. The lowest BCUT2D eigenvalue weighted by Gasteiger charge is -2.11. The number of amides is 1. The van der Waals surface area contributed by atoms with Gasteiger partial charge in [-0.1, -0.05) is 18.2 Å². The third kappa shape index (κ3) is 3.22. The summed E-state index contributed by atoms with van der Waals surface area (Å²) in [5.41, 5.74) is 8.36. The van der Waals surface area contributed by atoms with Gasteiger partial charge in [0.2, 0.25) is 0 Å². The van der Waals surface area contributed by atoms with Crippen LogP contribution in [0.15, 0.2) is 42.5 Å². The van der Waals surface area contributed by atoms with E-state index in [1.807, 2.05) is 18.2 Å². The highest BCUT2D eigenvalue weighted by atomic mass is 19.1. The molecule has 104 valence electrons. The summed E-state index contributed by atoms with van der Waals surface area (Å²) in [5, 5.41) is 2.81. The zero-order chi connectivity index (χ0) is 14.5. The smallest absolute Gasteiger partial charge is 0.255 e. The van der Waals surface area contributed by atoms with Crippen LogP contribution in [0.4, 0.5) is 10.1 Å². The number of nitrogens with one attached hydrogen (secondary N) is 1. The van der Waals surface area contributed by atoms with Crippen LogP contribution in [-0.2, 0) is 6.42 Å². The van der Waals surface area contributed by atoms with Gasteiger partial charge >= 0.3 is 0 Å². The monoisotopic (exact) mass is 272 g/mol. The van der Waals surface area contributed by atoms with Crippen molar-refractivity contribution in [1.82, 2.24) is 0 Å². The molecule has 1 amide bonds. The fourth-order valence-corrected chi connectivity index (χ4v) is 2.07. The number of aryl methyl sites for hydroxylation is 1. The predicted octanol–water partition coefficient (Wildman–Crippen LogP) is 2.89. The lowest BCUT2D eigenvalue weighted by Crippen LogP contribution is -2.16. The second-order valence-electron chi connectivity index (χ2n) is 4.61. The maximum absolute atomic E-state index is 13.0. The molecular formula is C16H17FN2O. The van der Waals surface area contributed by atoms with Crippen molar-refractivity contribution in [2.45, 2.75) is 13.3 Å². The molecule has 0 aromatic heterocycles. The highest BCUT2D eigenvalue weighted by Gasteiger charge is 2.11. The number of halogens is 1. The van der Waals surface area contributed by atoms with Gasteiger partial charge in [-0.25, -0.2) is 4.39 Å². The van der Waals surface area contributed by atoms with Crippen molar-refractivity contribution >= 4 is 11.6 Å². The van der Waals surface area contributed by atoms with E-state index in [4.69, 9.17) is 5.73 Å². The molecule has 4 heteroatoms. The topological polar surface area (TPSA) is 55.1 Å². The van der Waals surface area contributed by atoms with E-state index in [0.29, 0.717) is 29.8 Å². The van der Waals surface area contributed by atoms with Crippen LogP contribution in [0.1, 0.15) is 21.5 Å². The molecule has 20 heavy (non-hydrogen) atoms. The minimum Gasteiger partial charge on any atom is -0.330 e.